The molecular formula is C14H14Cl2OS. The van der Waals surface area contributed by atoms with E-state index in [0.717, 1.165) is 27.8 Å². The van der Waals surface area contributed by atoms with Gasteiger partial charge in [-0.15, -0.1) is 22.9 Å². The summed E-state index contributed by atoms with van der Waals surface area (Å²) >= 11 is 13.8. The number of aryl methyl sites for hydroxylation is 1. The van der Waals surface area contributed by atoms with Crippen LogP contribution in [0, 0.1) is 0 Å². The number of thiophene rings is 1. The molecule has 0 fully saturated rings. The van der Waals surface area contributed by atoms with Crippen molar-refractivity contribution in [3.8, 4) is 5.75 Å². The Bertz CT molecular complexity index is 493. The molecular weight excluding hydrogens is 287 g/mol. The predicted octanol–water partition coefficient (Wildman–Crippen LogP) is 5.32. The summed E-state index contributed by atoms with van der Waals surface area (Å²) in [4.78, 5) is 1.13. The van der Waals surface area contributed by atoms with E-state index < -0.39 is 0 Å². The Morgan fingerprint density at radius 3 is 2.44 bits per heavy atom. The number of halogens is 2. The predicted molar refractivity (Wildman–Crippen MR) is 79.2 cm³/mol. The highest BCUT2D eigenvalue weighted by Gasteiger charge is 2.10. The van der Waals surface area contributed by atoms with Crippen LogP contribution in [0.25, 0.3) is 0 Å². The molecule has 0 amide bonds. The average Bonchev–Trinajstić information content (AvgIpc) is 2.83. The van der Waals surface area contributed by atoms with Crippen LogP contribution in [-0.2, 0) is 6.42 Å². The molecule has 1 nitrogen and oxygen atoms in total. The molecule has 0 spiro atoms. The van der Waals surface area contributed by atoms with Crippen molar-refractivity contribution < 1.29 is 4.74 Å². The fourth-order valence-electron chi connectivity index (χ4n) is 1.72. The lowest BCUT2D eigenvalue weighted by Crippen LogP contribution is -1.92. The van der Waals surface area contributed by atoms with Crippen molar-refractivity contribution >= 4 is 34.5 Å². The lowest BCUT2D eigenvalue weighted by Gasteiger charge is -2.07. The normalized spacial score (nSPS) is 12.4. The second kappa shape index (κ2) is 6.46. The van der Waals surface area contributed by atoms with Crippen molar-refractivity contribution in [1.29, 1.82) is 0 Å². The van der Waals surface area contributed by atoms with Crippen LogP contribution in [0.15, 0.2) is 36.4 Å². The van der Waals surface area contributed by atoms with Gasteiger partial charge in [0.1, 0.15) is 5.75 Å². The van der Waals surface area contributed by atoms with Gasteiger partial charge in [0.05, 0.1) is 16.8 Å². The number of hydrogen-bond donors (Lipinski definition) is 0. The SMILES string of the molecule is COc1ccc(CCC(Cl)c2ccc(Cl)s2)cc1. The average molecular weight is 301 g/mol. The van der Waals surface area contributed by atoms with Gasteiger partial charge in [-0.1, -0.05) is 23.7 Å². The van der Waals surface area contributed by atoms with Crippen LogP contribution >= 0.6 is 34.5 Å². The smallest absolute Gasteiger partial charge is 0.118 e. The monoisotopic (exact) mass is 300 g/mol. The first-order valence-electron chi connectivity index (χ1n) is 5.71. The number of rotatable bonds is 5. The molecule has 0 saturated carbocycles. The largest absolute Gasteiger partial charge is 0.497 e. The molecule has 2 aromatic rings. The lowest BCUT2D eigenvalue weighted by atomic mass is 10.1. The van der Waals surface area contributed by atoms with Gasteiger partial charge in [-0.3, -0.25) is 0 Å². The Labute approximate surface area is 121 Å². The second-order valence-corrected chi connectivity index (χ2v) is 6.27. The maximum absolute atomic E-state index is 6.36. The molecule has 0 saturated heterocycles. The lowest BCUT2D eigenvalue weighted by molar-refractivity contribution is 0.414. The fourth-order valence-corrected chi connectivity index (χ4v) is 3.11. The maximum Gasteiger partial charge on any atom is 0.118 e. The van der Waals surface area contributed by atoms with Crippen molar-refractivity contribution in [2.24, 2.45) is 0 Å². The van der Waals surface area contributed by atoms with E-state index in [1.165, 1.54) is 5.56 Å². The Balaban J connectivity index is 1.90. The molecule has 1 aromatic heterocycles. The van der Waals surface area contributed by atoms with E-state index in [1.54, 1.807) is 18.4 Å². The Morgan fingerprint density at radius 1 is 1.17 bits per heavy atom. The summed E-state index contributed by atoms with van der Waals surface area (Å²) in [5.74, 6) is 0.881. The summed E-state index contributed by atoms with van der Waals surface area (Å²) < 4.78 is 5.92. The molecule has 96 valence electrons. The topological polar surface area (TPSA) is 9.23 Å². The third-order valence-corrected chi connectivity index (χ3v) is 4.68. The van der Waals surface area contributed by atoms with Crippen LogP contribution in [-0.4, -0.2) is 7.11 Å². The van der Waals surface area contributed by atoms with E-state index in [0.29, 0.717) is 0 Å². The van der Waals surface area contributed by atoms with Gasteiger partial charge in [-0.05, 0) is 42.7 Å². The number of benzene rings is 1. The minimum atomic E-state index is 0.0320. The van der Waals surface area contributed by atoms with Crippen molar-refractivity contribution in [1.82, 2.24) is 0 Å². The summed E-state index contributed by atoms with van der Waals surface area (Å²) in [6, 6.07) is 12.0. The van der Waals surface area contributed by atoms with Gasteiger partial charge in [-0.2, -0.15) is 0 Å². The van der Waals surface area contributed by atoms with Crippen molar-refractivity contribution in [3.05, 3.63) is 51.2 Å². The maximum atomic E-state index is 6.36. The van der Waals surface area contributed by atoms with Gasteiger partial charge >= 0.3 is 0 Å². The molecule has 0 bridgehead atoms. The molecule has 4 heteroatoms. The summed E-state index contributed by atoms with van der Waals surface area (Å²) in [7, 11) is 1.67. The van der Waals surface area contributed by atoms with Crippen LogP contribution in [0.1, 0.15) is 22.2 Å². The molecule has 1 heterocycles. The van der Waals surface area contributed by atoms with Crippen LogP contribution in [0.2, 0.25) is 4.34 Å². The van der Waals surface area contributed by atoms with Gasteiger partial charge in [0, 0.05) is 4.88 Å². The molecule has 0 aliphatic heterocycles. The van der Waals surface area contributed by atoms with Gasteiger partial charge in [0.25, 0.3) is 0 Å². The molecule has 0 aliphatic rings. The standard InChI is InChI=1S/C14H14Cl2OS/c1-17-11-5-2-10(3-6-11)4-7-12(15)13-8-9-14(16)18-13/h2-3,5-6,8-9,12H,4,7H2,1H3. The van der Waals surface area contributed by atoms with Crippen LogP contribution in [0.5, 0.6) is 5.75 Å². The van der Waals surface area contributed by atoms with Gasteiger partial charge in [0.15, 0.2) is 0 Å². The first kappa shape index (κ1) is 13.7. The zero-order chi connectivity index (χ0) is 13.0. The third-order valence-electron chi connectivity index (χ3n) is 2.75. The molecule has 1 unspecified atom stereocenters. The van der Waals surface area contributed by atoms with E-state index in [4.69, 9.17) is 27.9 Å². The minimum Gasteiger partial charge on any atom is -0.497 e. The highest BCUT2D eigenvalue weighted by Crippen LogP contribution is 2.33. The Morgan fingerprint density at radius 2 is 1.89 bits per heavy atom. The third kappa shape index (κ3) is 3.64. The molecule has 2 rings (SSSR count). The number of alkyl halides is 1. The van der Waals surface area contributed by atoms with E-state index in [-0.39, 0.29) is 5.38 Å². The Hall–Kier alpha value is -0.700. The van der Waals surface area contributed by atoms with Gasteiger partial charge < -0.3 is 4.74 Å². The number of ether oxygens (including phenoxy) is 1. The molecule has 0 aliphatic carbocycles. The van der Waals surface area contributed by atoms with Crippen molar-refractivity contribution in [3.63, 3.8) is 0 Å². The minimum absolute atomic E-state index is 0.0320. The Kier molecular flexibility index (Phi) is 4.93. The highest BCUT2D eigenvalue weighted by atomic mass is 35.5. The summed E-state index contributed by atoms with van der Waals surface area (Å²) in [6.07, 6.45) is 1.86. The quantitative estimate of drug-likeness (QED) is 0.679. The number of hydrogen-bond acceptors (Lipinski definition) is 2. The molecule has 1 aromatic carbocycles. The van der Waals surface area contributed by atoms with Crippen molar-refractivity contribution in [2.75, 3.05) is 7.11 Å². The highest BCUT2D eigenvalue weighted by molar-refractivity contribution is 7.16. The first-order chi connectivity index (χ1) is 8.69. The summed E-state index contributed by atoms with van der Waals surface area (Å²) in [5.41, 5.74) is 1.27. The van der Waals surface area contributed by atoms with E-state index in [9.17, 15) is 0 Å². The summed E-state index contributed by atoms with van der Waals surface area (Å²) in [6.45, 7) is 0. The fraction of sp³-hybridized carbons (Fsp3) is 0.286. The van der Waals surface area contributed by atoms with Crippen LogP contribution in [0.3, 0.4) is 0 Å². The van der Waals surface area contributed by atoms with E-state index >= 15 is 0 Å². The van der Waals surface area contributed by atoms with Gasteiger partial charge in [0.2, 0.25) is 0 Å². The van der Waals surface area contributed by atoms with Gasteiger partial charge in [-0.25, -0.2) is 0 Å². The zero-order valence-corrected chi connectivity index (χ0v) is 12.4. The summed E-state index contributed by atoms with van der Waals surface area (Å²) in [5, 5.41) is 0.0320. The van der Waals surface area contributed by atoms with E-state index in [1.807, 2.05) is 24.3 Å². The van der Waals surface area contributed by atoms with Crippen molar-refractivity contribution in [2.45, 2.75) is 18.2 Å². The molecule has 0 radical (unpaired) electrons. The van der Waals surface area contributed by atoms with Crippen LogP contribution < -0.4 is 4.74 Å². The first-order valence-corrected chi connectivity index (χ1v) is 7.34. The van der Waals surface area contributed by atoms with E-state index in [2.05, 4.69) is 12.1 Å². The van der Waals surface area contributed by atoms with Crippen LogP contribution in [0.4, 0.5) is 0 Å². The number of methoxy groups -OCH3 is 1. The molecule has 0 N–H and O–H groups in total. The molecule has 1 atom stereocenters. The second-order valence-electron chi connectivity index (χ2n) is 4.00. The zero-order valence-electron chi connectivity index (χ0n) is 10.0. The molecule has 18 heavy (non-hydrogen) atoms.